The number of hydrogen-bond acceptors (Lipinski definition) is 2. The fraction of sp³-hybridized carbons (Fsp3) is 0.167. The highest BCUT2D eigenvalue weighted by molar-refractivity contribution is 6.29. The van der Waals surface area contributed by atoms with E-state index in [1.807, 2.05) is 0 Å². The highest BCUT2D eigenvalue weighted by Crippen LogP contribution is 2.08. The smallest absolute Gasteiger partial charge is 0.356 e. The van der Waals surface area contributed by atoms with Crippen LogP contribution in [0.5, 0.6) is 0 Å². The second-order valence-electron chi connectivity index (χ2n) is 2.32. The van der Waals surface area contributed by atoms with Gasteiger partial charge >= 0.3 is 10.9 Å². The summed E-state index contributed by atoms with van der Waals surface area (Å²) in [5, 5.41) is 8.61. The lowest BCUT2D eigenvalue weighted by Gasteiger charge is -1.84. The molecular weight excluding hydrogens is 326 g/mol. The number of aryl methyl sites for hydroxylation is 1. The van der Waals surface area contributed by atoms with Crippen molar-refractivity contribution in [2.75, 3.05) is 0 Å². The van der Waals surface area contributed by atoms with Gasteiger partial charge in [0.15, 0.2) is 5.15 Å². The first-order valence-corrected chi connectivity index (χ1v) is 4.01. The molecule has 0 N–H and O–H groups in total. The van der Waals surface area contributed by atoms with E-state index in [0.29, 0.717) is 10.4 Å². The molecule has 0 aliphatic heterocycles. The molecule has 0 aliphatic carbocycles. The zero-order valence-electron chi connectivity index (χ0n) is 6.58. The molecule has 0 unspecified atom stereocenters. The van der Waals surface area contributed by atoms with E-state index in [1.165, 1.54) is 4.52 Å². The van der Waals surface area contributed by atoms with Gasteiger partial charge in [0, 0.05) is 6.07 Å². The topological polar surface area (TPSA) is 34.1 Å². The fourth-order valence-electron chi connectivity index (χ4n) is 0.992. The van der Waals surface area contributed by atoms with Crippen LogP contribution >= 0.6 is 23.2 Å². The molecule has 0 saturated carbocycles. The van der Waals surface area contributed by atoms with Gasteiger partial charge in [-0.2, -0.15) is 0 Å². The average Bonchev–Trinajstić information content (AvgIpc) is 2.28. The Balaban J connectivity index is 0.000000845. The van der Waals surface area contributed by atoms with Gasteiger partial charge in [0.05, 0.1) is 0 Å². The van der Waals surface area contributed by atoms with Crippen LogP contribution in [0.4, 0.5) is 0 Å². The molecule has 0 bridgehead atoms. The Kier molecular flexibility index (Phi) is 3.31. The minimum atomic E-state index is 0. The zero-order valence-corrected chi connectivity index (χ0v) is 10.2. The molecule has 0 aliphatic rings. The summed E-state index contributed by atoms with van der Waals surface area (Å²) in [7, 11) is 1.79. The fourth-order valence-corrected chi connectivity index (χ4v) is 1.37. The number of hydrogen-bond donors (Lipinski definition) is 0. The van der Waals surface area contributed by atoms with Gasteiger partial charge in [0.1, 0.15) is 7.05 Å². The lowest BCUT2D eigenvalue weighted by Crippen LogP contribution is -3.00. The van der Waals surface area contributed by atoms with E-state index in [1.54, 1.807) is 23.9 Å². The largest absolute Gasteiger partial charge is 1.00 e. The Bertz CT molecular complexity index is 441. The minimum Gasteiger partial charge on any atom is -1.00 e. The molecule has 2 aromatic rings. The number of halogens is 3. The van der Waals surface area contributed by atoms with Gasteiger partial charge in [-0.15, -0.1) is 4.68 Å². The van der Waals surface area contributed by atoms with Gasteiger partial charge in [-0.05, 0) is 22.8 Å². The Morgan fingerprint density at radius 2 is 2.08 bits per heavy atom. The van der Waals surface area contributed by atoms with Crippen LogP contribution in [0.1, 0.15) is 0 Å². The maximum absolute atomic E-state index is 5.76. The third-order valence-electron chi connectivity index (χ3n) is 1.52. The molecule has 13 heavy (non-hydrogen) atoms. The molecule has 0 spiro atoms. The van der Waals surface area contributed by atoms with Crippen LogP contribution < -0.4 is 28.7 Å². The van der Waals surface area contributed by atoms with Crippen LogP contribution in [0.25, 0.3) is 5.65 Å². The lowest BCUT2D eigenvalue weighted by molar-refractivity contribution is -0.703. The maximum Gasteiger partial charge on any atom is 0.356 e. The van der Waals surface area contributed by atoms with E-state index in [9.17, 15) is 0 Å². The predicted molar refractivity (Wildman–Crippen MR) is 44.2 cm³/mol. The minimum absolute atomic E-state index is 0. The molecule has 0 fully saturated rings. The highest BCUT2D eigenvalue weighted by Gasteiger charge is 2.15. The Labute approximate surface area is 101 Å². The quantitative estimate of drug-likeness (QED) is 0.408. The van der Waals surface area contributed by atoms with Crippen molar-refractivity contribution >= 4 is 28.8 Å². The maximum atomic E-state index is 5.76. The van der Waals surface area contributed by atoms with Gasteiger partial charge in [0.2, 0.25) is 0 Å². The van der Waals surface area contributed by atoms with Crippen molar-refractivity contribution in [2.45, 2.75) is 0 Å². The van der Waals surface area contributed by atoms with Crippen LogP contribution in [0.15, 0.2) is 12.1 Å². The summed E-state index contributed by atoms with van der Waals surface area (Å²) in [6.45, 7) is 0. The van der Waals surface area contributed by atoms with Crippen LogP contribution in [-0.2, 0) is 7.05 Å². The van der Waals surface area contributed by atoms with Crippen molar-refractivity contribution in [1.82, 2.24) is 14.7 Å². The van der Waals surface area contributed by atoms with E-state index < -0.39 is 0 Å². The van der Waals surface area contributed by atoms with E-state index >= 15 is 0 Å². The molecule has 7 heteroatoms. The van der Waals surface area contributed by atoms with Crippen LogP contribution in [-0.4, -0.2) is 14.7 Å². The second-order valence-corrected chi connectivity index (χ2v) is 3.04. The van der Waals surface area contributed by atoms with Gasteiger partial charge in [-0.25, -0.2) is 0 Å². The average molecular weight is 331 g/mol. The number of nitrogens with zero attached hydrogens (tertiary/aromatic N) is 4. The van der Waals surface area contributed by atoms with Crippen molar-refractivity contribution < 1.29 is 28.7 Å². The Morgan fingerprint density at radius 1 is 1.38 bits per heavy atom. The first-order chi connectivity index (χ1) is 5.68. The van der Waals surface area contributed by atoms with Crippen molar-refractivity contribution in [3.63, 3.8) is 0 Å². The number of rotatable bonds is 0. The van der Waals surface area contributed by atoms with Crippen molar-refractivity contribution in [3.05, 3.63) is 22.6 Å². The summed E-state index contributed by atoms with van der Waals surface area (Å²) in [6, 6.07) is 3.49. The molecule has 0 atom stereocenters. The lowest BCUT2D eigenvalue weighted by atomic mass is 10.5. The number of aromatic nitrogens is 4. The second kappa shape index (κ2) is 3.93. The van der Waals surface area contributed by atoms with Crippen molar-refractivity contribution in [1.29, 1.82) is 0 Å². The highest BCUT2D eigenvalue weighted by atomic mass is 127. The Morgan fingerprint density at radius 3 is 2.77 bits per heavy atom. The number of fused-ring (bicyclic) bond motifs is 1. The molecule has 0 aromatic carbocycles. The summed E-state index contributed by atoms with van der Waals surface area (Å²) in [6.07, 6.45) is 0. The van der Waals surface area contributed by atoms with Gasteiger partial charge in [0.25, 0.3) is 0 Å². The molecule has 70 valence electrons. The molecular formula is C6H5Cl2IN4. The monoisotopic (exact) mass is 330 g/mol. The third kappa shape index (κ3) is 1.87. The molecule has 0 amide bonds. The zero-order chi connectivity index (χ0) is 8.72. The van der Waals surface area contributed by atoms with Crippen LogP contribution in [0, 0.1) is 0 Å². The summed E-state index contributed by atoms with van der Waals surface area (Å²) in [4.78, 5) is 0. The molecule has 4 nitrogen and oxygen atoms in total. The van der Waals surface area contributed by atoms with E-state index in [-0.39, 0.29) is 24.0 Å². The van der Waals surface area contributed by atoms with Crippen LogP contribution in [0.2, 0.25) is 10.4 Å². The van der Waals surface area contributed by atoms with E-state index in [4.69, 9.17) is 23.2 Å². The third-order valence-corrected chi connectivity index (χ3v) is 1.96. The molecule has 2 rings (SSSR count). The predicted octanol–water partition coefficient (Wildman–Crippen LogP) is -2.14. The van der Waals surface area contributed by atoms with Gasteiger partial charge in [-0.3, -0.25) is 0 Å². The normalized spacial score (nSPS) is 10.1. The molecule has 2 aromatic heterocycles. The molecule has 2 heterocycles. The summed E-state index contributed by atoms with van der Waals surface area (Å²) in [5.74, 6) is 0. The summed E-state index contributed by atoms with van der Waals surface area (Å²) in [5.41, 5.74) is 0.796. The SMILES string of the molecule is C[n+]1nc(Cl)n2nc(Cl)ccc21.[I-]. The van der Waals surface area contributed by atoms with Crippen LogP contribution in [0.3, 0.4) is 0 Å². The van der Waals surface area contributed by atoms with E-state index in [0.717, 1.165) is 5.65 Å². The molecule has 0 radical (unpaired) electrons. The van der Waals surface area contributed by atoms with Gasteiger partial charge in [-0.1, -0.05) is 21.2 Å². The summed E-state index contributed by atoms with van der Waals surface area (Å²) < 4.78 is 3.11. The Hall–Kier alpha value is -0.140. The van der Waals surface area contributed by atoms with Gasteiger partial charge < -0.3 is 24.0 Å². The van der Waals surface area contributed by atoms with Crippen molar-refractivity contribution in [3.8, 4) is 0 Å². The summed E-state index contributed by atoms with van der Waals surface area (Å²) >= 11 is 11.4. The van der Waals surface area contributed by atoms with Crippen molar-refractivity contribution in [2.24, 2.45) is 7.05 Å². The first-order valence-electron chi connectivity index (χ1n) is 3.25. The van der Waals surface area contributed by atoms with E-state index in [2.05, 4.69) is 10.2 Å². The molecule has 0 saturated heterocycles. The standard InChI is InChI=1S/C6H5Cl2N4.HI/c1-11-5-3-2-4(7)9-12(5)6(8)10-11;/h2-3H,1H3;1H/q+1;/p-1. The first kappa shape index (κ1) is 10.9.